The fraction of sp³-hybridized carbons (Fsp3) is 0.500. The van der Waals surface area contributed by atoms with Crippen LogP contribution in [0.15, 0.2) is 22.1 Å². The van der Waals surface area contributed by atoms with E-state index in [0.717, 1.165) is 11.4 Å². The highest BCUT2D eigenvalue weighted by Gasteiger charge is 1.83. The van der Waals surface area contributed by atoms with Crippen LogP contribution in [0.3, 0.4) is 0 Å². The van der Waals surface area contributed by atoms with Gasteiger partial charge in [-0.2, -0.15) is 0 Å². The minimum absolute atomic E-state index is 0.684. The van der Waals surface area contributed by atoms with Gasteiger partial charge in [-0.15, -0.1) is 0 Å². The highest BCUT2D eigenvalue weighted by atomic mass is 14.9. The lowest BCUT2D eigenvalue weighted by atomic mass is 10.4. The standard InChI is InChI=1S/C8H14N2/c1-5-9-8(4)10-6-7(2)3/h5H,2,6H2,1,3-4H3. The zero-order valence-electron chi connectivity index (χ0n) is 6.89. The van der Waals surface area contributed by atoms with Crippen molar-refractivity contribution >= 4 is 12.1 Å². The lowest BCUT2D eigenvalue weighted by Crippen LogP contribution is -1.89. The predicted octanol–water partition coefficient (Wildman–Crippen LogP) is 2.07. The van der Waals surface area contributed by atoms with Gasteiger partial charge in [0.1, 0.15) is 5.84 Å². The molecule has 2 nitrogen and oxygen atoms in total. The van der Waals surface area contributed by atoms with E-state index in [1.54, 1.807) is 6.21 Å². The summed E-state index contributed by atoms with van der Waals surface area (Å²) in [4.78, 5) is 8.11. The molecule has 0 unspecified atom stereocenters. The first-order valence-electron chi connectivity index (χ1n) is 3.31. The monoisotopic (exact) mass is 138 g/mol. The minimum Gasteiger partial charge on any atom is -0.266 e. The van der Waals surface area contributed by atoms with Gasteiger partial charge >= 0.3 is 0 Å². The van der Waals surface area contributed by atoms with Crippen molar-refractivity contribution in [1.82, 2.24) is 0 Å². The minimum atomic E-state index is 0.684. The first-order valence-corrected chi connectivity index (χ1v) is 3.31. The van der Waals surface area contributed by atoms with E-state index >= 15 is 0 Å². The number of hydrogen-bond acceptors (Lipinski definition) is 1. The van der Waals surface area contributed by atoms with Crippen LogP contribution in [0.1, 0.15) is 20.8 Å². The summed E-state index contributed by atoms with van der Waals surface area (Å²) in [5.74, 6) is 0.811. The molecule has 0 aromatic heterocycles. The van der Waals surface area contributed by atoms with Crippen molar-refractivity contribution in [2.75, 3.05) is 6.54 Å². The van der Waals surface area contributed by atoms with Crippen molar-refractivity contribution in [3.63, 3.8) is 0 Å². The molecule has 2 heteroatoms. The molecule has 0 fully saturated rings. The number of rotatable bonds is 2. The summed E-state index contributed by atoms with van der Waals surface area (Å²) in [6.07, 6.45) is 1.73. The molecule has 0 bridgehead atoms. The van der Waals surface area contributed by atoms with Gasteiger partial charge in [-0.25, -0.2) is 4.99 Å². The molecule has 0 aliphatic heterocycles. The second-order valence-electron chi connectivity index (χ2n) is 2.21. The van der Waals surface area contributed by atoms with Crippen molar-refractivity contribution in [1.29, 1.82) is 0 Å². The molecule has 0 N–H and O–H groups in total. The third kappa shape index (κ3) is 5.22. The summed E-state index contributed by atoms with van der Waals surface area (Å²) < 4.78 is 0. The van der Waals surface area contributed by atoms with Crippen LogP contribution in [0, 0.1) is 0 Å². The lowest BCUT2D eigenvalue weighted by molar-refractivity contribution is 1.13. The van der Waals surface area contributed by atoms with Crippen LogP contribution in [0.5, 0.6) is 0 Å². The summed E-state index contributed by atoms with van der Waals surface area (Å²) in [7, 11) is 0. The lowest BCUT2D eigenvalue weighted by Gasteiger charge is -1.91. The fourth-order valence-electron chi connectivity index (χ4n) is 0.477. The average Bonchev–Trinajstić information content (AvgIpc) is 1.85. The van der Waals surface area contributed by atoms with Crippen molar-refractivity contribution in [3.05, 3.63) is 12.2 Å². The Bertz CT molecular complexity index is 166. The van der Waals surface area contributed by atoms with E-state index in [0.29, 0.717) is 6.54 Å². The third-order valence-corrected chi connectivity index (χ3v) is 0.894. The normalized spacial score (nSPS) is 12.5. The molecule has 10 heavy (non-hydrogen) atoms. The summed E-state index contributed by atoms with van der Waals surface area (Å²) in [6, 6.07) is 0. The van der Waals surface area contributed by atoms with Gasteiger partial charge in [0, 0.05) is 6.21 Å². The van der Waals surface area contributed by atoms with Crippen LogP contribution in [-0.4, -0.2) is 18.6 Å². The van der Waals surface area contributed by atoms with Crippen LogP contribution < -0.4 is 0 Å². The Kier molecular flexibility index (Phi) is 4.46. The number of nitrogens with zero attached hydrogens (tertiary/aromatic N) is 2. The van der Waals surface area contributed by atoms with Gasteiger partial charge in [-0.3, -0.25) is 4.99 Å². The molecule has 0 aromatic rings. The molecule has 0 aliphatic carbocycles. The quantitative estimate of drug-likeness (QED) is 0.317. The smallest absolute Gasteiger partial charge is 0.120 e. The van der Waals surface area contributed by atoms with Crippen molar-refractivity contribution in [3.8, 4) is 0 Å². The average molecular weight is 138 g/mol. The number of aliphatic imine (C=N–C) groups is 2. The van der Waals surface area contributed by atoms with E-state index < -0.39 is 0 Å². The summed E-state index contributed by atoms with van der Waals surface area (Å²) >= 11 is 0. The first-order chi connectivity index (χ1) is 4.66. The van der Waals surface area contributed by atoms with Crippen molar-refractivity contribution in [2.45, 2.75) is 20.8 Å². The van der Waals surface area contributed by atoms with Gasteiger partial charge < -0.3 is 0 Å². The molecular formula is C8H14N2. The van der Waals surface area contributed by atoms with E-state index in [2.05, 4.69) is 16.6 Å². The third-order valence-electron chi connectivity index (χ3n) is 0.894. The molecule has 0 rings (SSSR count). The summed E-state index contributed by atoms with van der Waals surface area (Å²) in [5, 5.41) is 0. The summed E-state index contributed by atoms with van der Waals surface area (Å²) in [6.45, 7) is 10.1. The van der Waals surface area contributed by atoms with E-state index in [-0.39, 0.29) is 0 Å². The fourth-order valence-corrected chi connectivity index (χ4v) is 0.477. The number of hydrogen-bond donors (Lipinski definition) is 0. The van der Waals surface area contributed by atoms with Gasteiger partial charge in [0.2, 0.25) is 0 Å². The molecule has 56 valence electrons. The Hall–Kier alpha value is -0.920. The van der Waals surface area contributed by atoms with Crippen LogP contribution in [0.25, 0.3) is 0 Å². The molecule has 0 amide bonds. The van der Waals surface area contributed by atoms with Crippen LogP contribution in [0.4, 0.5) is 0 Å². The Morgan fingerprint density at radius 2 is 2.10 bits per heavy atom. The van der Waals surface area contributed by atoms with Gasteiger partial charge in [0.25, 0.3) is 0 Å². The molecule has 0 aromatic carbocycles. The maximum atomic E-state index is 4.13. The molecule has 0 saturated heterocycles. The SMILES string of the molecule is C=C(C)CN=C(C)N=CC. The molecule has 0 aliphatic rings. The van der Waals surface area contributed by atoms with E-state index in [9.17, 15) is 0 Å². The molecule has 0 spiro atoms. The van der Waals surface area contributed by atoms with Gasteiger partial charge in [0.05, 0.1) is 6.54 Å². The molecule has 0 saturated carbocycles. The Balaban J connectivity index is 3.80. The van der Waals surface area contributed by atoms with Crippen LogP contribution in [0.2, 0.25) is 0 Å². The van der Waals surface area contributed by atoms with Crippen LogP contribution in [-0.2, 0) is 0 Å². The molecule has 0 heterocycles. The van der Waals surface area contributed by atoms with Gasteiger partial charge in [-0.05, 0) is 20.8 Å². The second-order valence-corrected chi connectivity index (χ2v) is 2.21. The van der Waals surface area contributed by atoms with Crippen molar-refractivity contribution in [2.24, 2.45) is 9.98 Å². The Morgan fingerprint density at radius 1 is 1.50 bits per heavy atom. The van der Waals surface area contributed by atoms with Gasteiger partial charge in [-0.1, -0.05) is 12.2 Å². The highest BCUT2D eigenvalue weighted by molar-refractivity contribution is 5.86. The first kappa shape index (κ1) is 9.08. The maximum Gasteiger partial charge on any atom is 0.120 e. The maximum absolute atomic E-state index is 4.13. The Morgan fingerprint density at radius 3 is 2.50 bits per heavy atom. The molecule has 0 radical (unpaired) electrons. The second kappa shape index (κ2) is 4.91. The van der Waals surface area contributed by atoms with E-state index in [1.807, 2.05) is 20.8 Å². The van der Waals surface area contributed by atoms with Crippen LogP contribution >= 0.6 is 0 Å². The zero-order valence-corrected chi connectivity index (χ0v) is 6.89. The topological polar surface area (TPSA) is 24.7 Å². The van der Waals surface area contributed by atoms with E-state index in [4.69, 9.17) is 0 Å². The highest BCUT2D eigenvalue weighted by Crippen LogP contribution is 1.88. The number of amidine groups is 1. The zero-order chi connectivity index (χ0) is 7.98. The molecular weight excluding hydrogens is 124 g/mol. The summed E-state index contributed by atoms with van der Waals surface area (Å²) in [5.41, 5.74) is 1.06. The van der Waals surface area contributed by atoms with E-state index in [1.165, 1.54) is 0 Å². The van der Waals surface area contributed by atoms with Crippen molar-refractivity contribution < 1.29 is 0 Å². The molecule has 0 atom stereocenters. The predicted molar refractivity (Wildman–Crippen MR) is 47.0 cm³/mol. The van der Waals surface area contributed by atoms with Gasteiger partial charge in [0.15, 0.2) is 0 Å². The largest absolute Gasteiger partial charge is 0.266 e. The Labute approximate surface area is 62.4 Å².